The summed E-state index contributed by atoms with van der Waals surface area (Å²) in [5.74, 6) is 0.294. The van der Waals surface area contributed by atoms with E-state index in [0.717, 1.165) is 31.7 Å². The number of hydrogen-bond acceptors (Lipinski definition) is 5. The molecular formula is C15H24N2O4. The van der Waals surface area contributed by atoms with Crippen LogP contribution in [0.5, 0.6) is 5.75 Å². The first kappa shape index (κ1) is 17.2. The van der Waals surface area contributed by atoms with E-state index in [9.17, 15) is 10.1 Å². The fourth-order valence-corrected chi connectivity index (χ4v) is 1.78. The van der Waals surface area contributed by atoms with Crippen LogP contribution in [-0.2, 0) is 4.74 Å². The lowest BCUT2D eigenvalue weighted by atomic mass is 10.2. The van der Waals surface area contributed by atoms with E-state index < -0.39 is 4.92 Å². The van der Waals surface area contributed by atoms with E-state index in [4.69, 9.17) is 9.47 Å². The number of nitrogens with zero attached hydrogens (tertiary/aromatic N) is 1. The van der Waals surface area contributed by atoms with Gasteiger partial charge >= 0.3 is 5.69 Å². The van der Waals surface area contributed by atoms with Gasteiger partial charge in [-0.1, -0.05) is 6.92 Å². The van der Waals surface area contributed by atoms with Gasteiger partial charge in [0.25, 0.3) is 0 Å². The second-order valence-electron chi connectivity index (χ2n) is 5.00. The van der Waals surface area contributed by atoms with Crippen LogP contribution in [-0.4, -0.2) is 30.8 Å². The first-order chi connectivity index (χ1) is 10.0. The van der Waals surface area contributed by atoms with E-state index in [-0.39, 0.29) is 11.8 Å². The molecule has 0 atom stereocenters. The average molecular weight is 296 g/mol. The highest BCUT2D eigenvalue weighted by Crippen LogP contribution is 2.30. The Morgan fingerprint density at radius 1 is 1.33 bits per heavy atom. The van der Waals surface area contributed by atoms with Gasteiger partial charge in [-0.25, -0.2) is 0 Å². The Balaban J connectivity index is 2.57. The number of hydrogen-bond donors (Lipinski definition) is 1. The highest BCUT2D eigenvalue weighted by atomic mass is 16.6. The molecule has 0 saturated carbocycles. The quantitative estimate of drug-likeness (QED) is 0.405. The fraction of sp³-hybridized carbons (Fsp3) is 0.600. The van der Waals surface area contributed by atoms with Crippen LogP contribution in [0.25, 0.3) is 0 Å². The van der Waals surface area contributed by atoms with Gasteiger partial charge in [0, 0.05) is 37.6 Å². The number of benzene rings is 1. The topological polar surface area (TPSA) is 73.6 Å². The van der Waals surface area contributed by atoms with E-state index in [1.54, 1.807) is 12.1 Å². The molecule has 6 nitrogen and oxygen atoms in total. The van der Waals surface area contributed by atoms with E-state index in [1.807, 2.05) is 13.8 Å². The molecule has 6 heteroatoms. The number of nitro benzene ring substituents is 1. The summed E-state index contributed by atoms with van der Waals surface area (Å²) in [6.07, 6.45) is 1.80. The molecule has 0 aliphatic carbocycles. The van der Waals surface area contributed by atoms with Crippen LogP contribution in [0.1, 0.15) is 33.6 Å². The largest absolute Gasteiger partial charge is 0.484 e. The van der Waals surface area contributed by atoms with Gasteiger partial charge in [-0.2, -0.15) is 0 Å². The van der Waals surface area contributed by atoms with Gasteiger partial charge in [0.05, 0.1) is 11.0 Å². The molecule has 0 aliphatic heterocycles. The molecule has 0 aromatic heterocycles. The molecule has 0 spiro atoms. The van der Waals surface area contributed by atoms with Gasteiger partial charge < -0.3 is 14.8 Å². The number of nitrogens with one attached hydrogen (secondary N) is 1. The first-order valence-electron chi connectivity index (χ1n) is 7.31. The Morgan fingerprint density at radius 2 is 2.10 bits per heavy atom. The third-order valence-corrected chi connectivity index (χ3v) is 2.66. The zero-order valence-corrected chi connectivity index (χ0v) is 12.9. The number of rotatable bonds is 10. The van der Waals surface area contributed by atoms with E-state index in [1.165, 1.54) is 6.07 Å². The van der Waals surface area contributed by atoms with Gasteiger partial charge in [0.1, 0.15) is 0 Å². The Labute approximate surface area is 125 Å². The molecule has 1 rings (SSSR count). The van der Waals surface area contributed by atoms with Crippen molar-refractivity contribution >= 4 is 11.4 Å². The predicted octanol–water partition coefficient (Wildman–Crippen LogP) is 3.61. The van der Waals surface area contributed by atoms with E-state index >= 15 is 0 Å². The molecule has 21 heavy (non-hydrogen) atoms. The van der Waals surface area contributed by atoms with Gasteiger partial charge in [0.2, 0.25) is 0 Å². The molecule has 1 N–H and O–H groups in total. The molecule has 0 fully saturated rings. The standard InChI is InChI=1S/C15H24N2O4/c1-4-9-20-10-5-8-16-13-6-7-14(17(18)19)15(11-13)21-12(2)3/h6-7,11-12,16H,4-5,8-10H2,1-3H3. The van der Waals surface area contributed by atoms with Crippen LogP contribution in [0, 0.1) is 10.1 Å². The van der Waals surface area contributed by atoms with Crippen LogP contribution < -0.4 is 10.1 Å². The highest BCUT2D eigenvalue weighted by molar-refractivity contribution is 5.58. The minimum Gasteiger partial charge on any atom is -0.484 e. The Hall–Kier alpha value is -1.82. The summed E-state index contributed by atoms with van der Waals surface area (Å²) < 4.78 is 10.9. The van der Waals surface area contributed by atoms with Crippen molar-refractivity contribution in [3.63, 3.8) is 0 Å². The van der Waals surface area contributed by atoms with Crippen LogP contribution in [0.4, 0.5) is 11.4 Å². The molecule has 1 aromatic rings. The first-order valence-corrected chi connectivity index (χ1v) is 7.31. The van der Waals surface area contributed by atoms with Crippen molar-refractivity contribution in [1.82, 2.24) is 0 Å². The number of anilines is 1. The van der Waals surface area contributed by atoms with Crippen molar-refractivity contribution in [3.8, 4) is 5.75 Å². The minimum atomic E-state index is -0.430. The van der Waals surface area contributed by atoms with Crippen LogP contribution >= 0.6 is 0 Å². The molecule has 0 unspecified atom stereocenters. The number of ether oxygens (including phenoxy) is 2. The molecule has 0 saturated heterocycles. The van der Waals surface area contributed by atoms with Gasteiger partial charge in [-0.15, -0.1) is 0 Å². The average Bonchev–Trinajstić information content (AvgIpc) is 2.42. The fourth-order valence-electron chi connectivity index (χ4n) is 1.78. The summed E-state index contributed by atoms with van der Waals surface area (Å²) >= 11 is 0. The number of nitro groups is 1. The maximum absolute atomic E-state index is 11.0. The van der Waals surface area contributed by atoms with Crippen molar-refractivity contribution in [3.05, 3.63) is 28.3 Å². The smallest absolute Gasteiger partial charge is 0.311 e. The SMILES string of the molecule is CCCOCCCNc1ccc([N+](=O)[O-])c(OC(C)C)c1. The second-order valence-corrected chi connectivity index (χ2v) is 5.00. The van der Waals surface area contributed by atoms with Gasteiger partial charge in [-0.05, 0) is 32.8 Å². The summed E-state index contributed by atoms with van der Waals surface area (Å²) in [5, 5.41) is 14.2. The lowest BCUT2D eigenvalue weighted by Gasteiger charge is -2.12. The Kier molecular flexibility index (Phi) is 7.53. The lowest BCUT2D eigenvalue weighted by molar-refractivity contribution is -0.386. The second kappa shape index (κ2) is 9.18. The van der Waals surface area contributed by atoms with E-state index in [2.05, 4.69) is 12.2 Å². The molecule has 0 bridgehead atoms. The molecule has 0 heterocycles. The molecule has 1 aromatic carbocycles. The molecular weight excluding hydrogens is 272 g/mol. The summed E-state index contributed by atoms with van der Waals surface area (Å²) in [4.78, 5) is 10.5. The molecule has 0 aliphatic rings. The Morgan fingerprint density at radius 3 is 2.71 bits per heavy atom. The van der Waals surface area contributed by atoms with Crippen molar-refractivity contribution in [1.29, 1.82) is 0 Å². The third kappa shape index (κ3) is 6.44. The molecule has 118 valence electrons. The highest BCUT2D eigenvalue weighted by Gasteiger charge is 2.16. The van der Waals surface area contributed by atoms with Crippen LogP contribution in [0.3, 0.4) is 0 Å². The van der Waals surface area contributed by atoms with Gasteiger partial charge in [-0.3, -0.25) is 10.1 Å². The molecule has 0 amide bonds. The van der Waals surface area contributed by atoms with Crippen molar-refractivity contribution < 1.29 is 14.4 Å². The predicted molar refractivity (Wildman–Crippen MR) is 83.1 cm³/mol. The monoisotopic (exact) mass is 296 g/mol. The maximum Gasteiger partial charge on any atom is 0.311 e. The normalized spacial score (nSPS) is 10.7. The zero-order chi connectivity index (χ0) is 15.7. The Bertz CT molecular complexity index is 449. The maximum atomic E-state index is 11.0. The van der Waals surface area contributed by atoms with E-state index in [0.29, 0.717) is 12.4 Å². The van der Waals surface area contributed by atoms with Crippen molar-refractivity contribution in [2.75, 3.05) is 25.1 Å². The third-order valence-electron chi connectivity index (χ3n) is 2.66. The summed E-state index contributed by atoms with van der Waals surface area (Å²) in [7, 11) is 0. The summed E-state index contributed by atoms with van der Waals surface area (Å²) in [6, 6.07) is 4.83. The summed E-state index contributed by atoms with van der Waals surface area (Å²) in [6.45, 7) is 8.00. The van der Waals surface area contributed by atoms with Crippen molar-refractivity contribution in [2.24, 2.45) is 0 Å². The lowest BCUT2D eigenvalue weighted by Crippen LogP contribution is -2.09. The zero-order valence-electron chi connectivity index (χ0n) is 12.9. The molecule has 0 radical (unpaired) electrons. The van der Waals surface area contributed by atoms with Crippen LogP contribution in [0.15, 0.2) is 18.2 Å². The van der Waals surface area contributed by atoms with Crippen molar-refractivity contribution in [2.45, 2.75) is 39.7 Å². The minimum absolute atomic E-state index is 0.0134. The summed E-state index contributed by atoms with van der Waals surface area (Å²) in [5.41, 5.74) is 0.798. The van der Waals surface area contributed by atoms with Gasteiger partial charge in [0.15, 0.2) is 5.75 Å². The van der Waals surface area contributed by atoms with Crippen LogP contribution in [0.2, 0.25) is 0 Å².